The molecule has 22 heavy (non-hydrogen) atoms. The second-order valence-electron chi connectivity index (χ2n) is 5.92. The molecule has 0 amide bonds. The minimum Gasteiger partial charge on any atom is -0.458 e. The number of carbonyl (C=O) groups is 1. The van der Waals surface area contributed by atoms with Crippen LogP contribution in [0.25, 0.3) is 0 Å². The first-order chi connectivity index (χ1) is 10.2. The summed E-state index contributed by atoms with van der Waals surface area (Å²) in [6.45, 7) is 0.124. The van der Waals surface area contributed by atoms with Crippen molar-refractivity contribution in [1.82, 2.24) is 4.90 Å². The van der Waals surface area contributed by atoms with E-state index in [-0.39, 0.29) is 6.04 Å². The van der Waals surface area contributed by atoms with Gasteiger partial charge in [0.15, 0.2) is 6.61 Å². The molecule has 2 aliphatic rings. The van der Waals surface area contributed by atoms with Gasteiger partial charge in [-0.2, -0.15) is 17.2 Å². The molecule has 0 aromatic heterocycles. The molecule has 1 saturated heterocycles. The number of ether oxygens (including phenoxy) is 1. The maximum atomic E-state index is 13.1. The molecule has 9 heteroatoms. The maximum absolute atomic E-state index is 13.1. The Morgan fingerprint density at radius 2 is 1.77 bits per heavy atom. The molecule has 0 aromatic carbocycles. The Kier molecular flexibility index (Phi) is 5.39. The molecular formula is C13H21F2NO5S. The second-order valence-corrected chi connectivity index (χ2v) is 7.47. The molecule has 2 unspecified atom stereocenters. The van der Waals surface area contributed by atoms with E-state index in [2.05, 4.69) is 9.64 Å². The van der Waals surface area contributed by atoms with E-state index in [4.69, 9.17) is 4.55 Å². The summed E-state index contributed by atoms with van der Waals surface area (Å²) in [5, 5.41) is -4.47. The van der Waals surface area contributed by atoms with Crippen molar-refractivity contribution in [3.63, 3.8) is 0 Å². The fourth-order valence-electron chi connectivity index (χ4n) is 3.23. The number of likely N-dealkylation sites (tertiary alicyclic amines) is 1. The van der Waals surface area contributed by atoms with Crippen LogP contribution in [0.1, 0.15) is 38.5 Å². The van der Waals surface area contributed by atoms with Gasteiger partial charge in [-0.3, -0.25) is 14.2 Å². The van der Waals surface area contributed by atoms with Crippen LogP contribution in [0.15, 0.2) is 0 Å². The smallest absolute Gasteiger partial charge is 0.402 e. The molecule has 1 N–H and O–H groups in total. The molecule has 6 nitrogen and oxygen atoms in total. The Balaban J connectivity index is 1.97. The highest BCUT2D eigenvalue weighted by Gasteiger charge is 2.46. The first-order valence-corrected chi connectivity index (χ1v) is 8.92. The van der Waals surface area contributed by atoms with E-state index in [1.54, 1.807) is 0 Å². The summed E-state index contributed by atoms with van der Waals surface area (Å²) >= 11 is 0. The van der Waals surface area contributed by atoms with Gasteiger partial charge in [-0.05, 0) is 38.8 Å². The molecule has 2 rings (SSSR count). The van der Waals surface area contributed by atoms with Crippen LogP contribution >= 0.6 is 0 Å². The summed E-state index contributed by atoms with van der Waals surface area (Å²) < 4.78 is 60.2. The van der Waals surface area contributed by atoms with Gasteiger partial charge in [-0.1, -0.05) is 12.8 Å². The zero-order valence-electron chi connectivity index (χ0n) is 12.2. The van der Waals surface area contributed by atoms with E-state index in [1.165, 1.54) is 0 Å². The average molecular weight is 341 g/mol. The van der Waals surface area contributed by atoms with Crippen LogP contribution in [-0.4, -0.2) is 54.8 Å². The molecule has 128 valence electrons. The SMILES string of the molecule is O=C(OCC(F)(F)S(=O)(=O)O)C1CCCCC1N1CCCC1. The summed E-state index contributed by atoms with van der Waals surface area (Å²) in [6, 6.07) is -0.0249. The van der Waals surface area contributed by atoms with Crippen molar-refractivity contribution in [2.24, 2.45) is 5.92 Å². The molecule has 2 atom stereocenters. The van der Waals surface area contributed by atoms with Crippen LogP contribution in [0.4, 0.5) is 8.78 Å². The Labute approximate surface area is 128 Å². The van der Waals surface area contributed by atoms with Gasteiger partial charge in [0.05, 0.1) is 5.92 Å². The Hall–Kier alpha value is -0.800. The van der Waals surface area contributed by atoms with Crippen molar-refractivity contribution in [3.8, 4) is 0 Å². The maximum Gasteiger partial charge on any atom is 0.402 e. The Morgan fingerprint density at radius 1 is 1.18 bits per heavy atom. The number of esters is 1. The minimum absolute atomic E-state index is 0.0249. The first kappa shape index (κ1) is 17.6. The normalized spacial score (nSPS) is 27.8. The summed E-state index contributed by atoms with van der Waals surface area (Å²) in [5.41, 5.74) is 0. The Bertz CT molecular complexity index is 505. The average Bonchev–Trinajstić information content (AvgIpc) is 2.97. The van der Waals surface area contributed by atoms with E-state index < -0.39 is 33.9 Å². The second kappa shape index (κ2) is 6.76. The van der Waals surface area contributed by atoms with Gasteiger partial charge < -0.3 is 4.74 Å². The highest BCUT2D eigenvalue weighted by molar-refractivity contribution is 7.86. The number of carbonyl (C=O) groups excluding carboxylic acids is 1. The lowest BCUT2D eigenvalue weighted by atomic mass is 9.83. The van der Waals surface area contributed by atoms with E-state index in [0.717, 1.165) is 45.2 Å². The largest absolute Gasteiger partial charge is 0.458 e. The minimum atomic E-state index is -5.58. The highest BCUT2D eigenvalue weighted by Crippen LogP contribution is 2.32. The number of rotatable bonds is 5. The van der Waals surface area contributed by atoms with E-state index in [1.807, 2.05) is 0 Å². The number of nitrogens with zero attached hydrogens (tertiary/aromatic N) is 1. The predicted octanol–water partition coefficient (Wildman–Crippen LogP) is 1.66. The van der Waals surface area contributed by atoms with Crippen molar-refractivity contribution in [3.05, 3.63) is 0 Å². The van der Waals surface area contributed by atoms with Crippen LogP contribution in [0.3, 0.4) is 0 Å². The van der Waals surface area contributed by atoms with Gasteiger partial charge in [0.1, 0.15) is 0 Å². The monoisotopic (exact) mass is 341 g/mol. The molecule has 2 fully saturated rings. The summed E-state index contributed by atoms with van der Waals surface area (Å²) in [6.07, 6.45) is 5.27. The van der Waals surface area contributed by atoms with Gasteiger partial charge in [0.2, 0.25) is 0 Å². The van der Waals surface area contributed by atoms with Crippen LogP contribution in [0.5, 0.6) is 0 Å². The van der Waals surface area contributed by atoms with E-state index in [0.29, 0.717) is 6.42 Å². The van der Waals surface area contributed by atoms with Gasteiger partial charge >= 0.3 is 21.3 Å². The lowest BCUT2D eigenvalue weighted by Crippen LogP contribution is -2.45. The number of alkyl halides is 2. The van der Waals surface area contributed by atoms with Crippen molar-refractivity contribution >= 4 is 16.1 Å². The molecule has 1 saturated carbocycles. The lowest BCUT2D eigenvalue weighted by molar-refractivity contribution is -0.158. The third-order valence-electron chi connectivity index (χ3n) is 4.40. The zero-order valence-corrected chi connectivity index (χ0v) is 13.0. The summed E-state index contributed by atoms with van der Waals surface area (Å²) in [5.74, 6) is -1.32. The Morgan fingerprint density at radius 3 is 2.36 bits per heavy atom. The topological polar surface area (TPSA) is 83.9 Å². The summed E-state index contributed by atoms with van der Waals surface area (Å²) in [4.78, 5) is 14.3. The summed E-state index contributed by atoms with van der Waals surface area (Å²) in [7, 11) is -5.58. The third kappa shape index (κ3) is 3.94. The zero-order chi connectivity index (χ0) is 16.4. The number of hydrogen-bond donors (Lipinski definition) is 1. The van der Waals surface area contributed by atoms with Crippen molar-refractivity contribution < 1.29 is 31.3 Å². The standard InChI is InChI=1S/C13H21F2NO5S/c14-13(15,22(18,19)20)9-21-12(17)10-5-1-2-6-11(10)16-7-3-4-8-16/h10-11H,1-9H2,(H,18,19,20). The predicted molar refractivity (Wildman–Crippen MR) is 74.0 cm³/mol. The highest BCUT2D eigenvalue weighted by atomic mass is 32.2. The number of hydrogen-bond acceptors (Lipinski definition) is 5. The molecular weight excluding hydrogens is 320 g/mol. The first-order valence-electron chi connectivity index (χ1n) is 7.48. The van der Waals surface area contributed by atoms with Crippen molar-refractivity contribution in [2.45, 2.75) is 49.8 Å². The molecule has 0 bridgehead atoms. The van der Waals surface area contributed by atoms with Gasteiger partial charge in [0.25, 0.3) is 0 Å². The third-order valence-corrected chi connectivity index (χ3v) is 5.27. The van der Waals surface area contributed by atoms with Crippen LogP contribution < -0.4 is 0 Å². The molecule has 1 heterocycles. The fraction of sp³-hybridized carbons (Fsp3) is 0.923. The molecule has 0 radical (unpaired) electrons. The van der Waals surface area contributed by atoms with Crippen LogP contribution in [-0.2, 0) is 19.6 Å². The molecule has 0 aromatic rings. The lowest BCUT2D eigenvalue weighted by Gasteiger charge is -2.36. The molecule has 1 aliphatic heterocycles. The number of halogens is 2. The van der Waals surface area contributed by atoms with E-state index >= 15 is 0 Å². The van der Waals surface area contributed by atoms with Gasteiger partial charge in [0, 0.05) is 6.04 Å². The molecule has 1 aliphatic carbocycles. The van der Waals surface area contributed by atoms with Crippen molar-refractivity contribution in [1.29, 1.82) is 0 Å². The van der Waals surface area contributed by atoms with Crippen LogP contribution in [0.2, 0.25) is 0 Å². The van der Waals surface area contributed by atoms with Gasteiger partial charge in [-0.15, -0.1) is 0 Å². The quantitative estimate of drug-likeness (QED) is 0.605. The van der Waals surface area contributed by atoms with Crippen LogP contribution in [0, 0.1) is 5.92 Å². The molecule has 0 spiro atoms. The fourth-order valence-corrected chi connectivity index (χ4v) is 3.44. The van der Waals surface area contributed by atoms with E-state index in [9.17, 15) is 22.0 Å². The van der Waals surface area contributed by atoms with Crippen molar-refractivity contribution in [2.75, 3.05) is 19.7 Å². The van der Waals surface area contributed by atoms with Gasteiger partial charge in [-0.25, -0.2) is 0 Å².